The van der Waals surface area contributed by atoms with Crippen molar-refractivity contribution in [2.24, 2.45) is 0 Å². The molecule has 0 nitrogen and oxygen atoms in total. The number of hydrogen-bond donors (Lipinski definition) is 0. The van der Waals surface area contributed by atoms with Crippen LogP contribution in [-0.2, 0) is 0 Å². The first-order valence-electron chi connectivity index (χ1n) is 4.50. The Hall–Kier alpha value is 0.610. The SMILES string of the molecule is CSC1=S(I)SC(c2ccccc2)=C1C. The molecule has 1 aliphatic heterocycles. The first-order valence-corrected chi connectivity index (χ1v) is 10.8. The second-order valence-electron chi connectivity index (χ2n) is 3.12. The van der Waals surface area contributed by atoms with Crippen molar-refractivity contribution in [3.63, 3.8) is 0 Å². The third kappa shape index (κ3) is 2.48. The predicted octanol–water partition coefficient (Wildman–Crippen LogP) is 5.19. The summed E-state index contributed by atoms with van der Waals surface area (Å²) in [5, 5.41) is 0. The summed E-state index contributed by atoms with van der Waals surface area (Å²) in [6.07, 6.45) is 2.17. The Morgan fingerprint density at radius 3 is 2.47 bits per heavy atom. The van der Waals surface area contributed by atoms with Gasteiger partial charge in [0.2, 0.25) is 0 Å². The second kappa shape index (κ2) is 5.29. The van der Waals surface area contributed by atoms with Gasteiger partial charge in [0.1, 0.15) is 0 Å². The molecule has 2 rings (SSSR count). The van der Waals surface area contributed by atoms with Crippen molar-refractivity contribution < 1.29 is 0 Å². The summed E-state index contributed by atoms with van der Waals surface area (Å²) in [6.45, 7) is 2.56. The molecule has 0 spiro atoms. The minimum atomic E-state index is 0.321. The van der Waals surface area contributed by atoms with Gasteiger partial charge in [-0.1, -0.05) is 41.1 Å². The van der Waals surface area contributed by atoms with E-state index in [2.05, 4.69) is 64.7 Å². The Bertz CT molecular complexity index is 434. The van der Waals surface area contributed by atoms with Crippen LogP contribution in [0.25, 0.3) is 4.91 Å². The smallest absolute Gasteiger partial charge is 0.0545 e. The van der Waals surface area contributed by atoms with E-state index in [1.165, 1.54) is 16.0 Å². The van der Waals surface area contributed by atoms with Crippen LogP contribution in [0.3, 0.4) is 0 Å². The average Bonchev–Trinajstić information content (AvgIpc) is 2.55. The zero-order valence-corrected chi connectivity index (χ0v) is 13.1. The molecule has 0 bridgehead atoms. The number of benzene rings is 1. The molecule has 0 saturated heterocycles. The van der Waals surface area contributed by atoms with Gasteiger partial charge in [0.15, 0.2) is 0 Å². The molecule has 0 radical (unpaired) electrons. The molecule has 1 atom stereocenters. The molecule has 0 fully saturated rings. The van der Waals surface area contributed by atoms with E-state index in [9.17, 15) is 0 Å². The van der Waals surface area contributed by atoms with Crippen LogP contribution in [0.2, 0.25) is 0 Å². The molecule has 0 saturated carbocycles. The van der Waals surface area contributed by atoms with Crippen molar-refractivity contribution in [3.05, 3.63) is 41.5 Å². The fourth-order valence-corrected chi connectivity index (χ4v) is 10.4. The maximum atomic E-state index is 2.54. The highest BCUT2D eigenvalue weighted by atomic mass is 127. The van der Waals surface area contributed by atoms with Crippen LogP contribution in [0.4, 0.5) is 0 Å². The van der Waals surface area contributed by atoms with Crippen LogP contribution in [0.1, 0.15) is 12.5 Å². The van der Waals surface area contributed by atoms with Gasteiger partial charge in [0, 0.05) is 26.1 Å². The van der Waals surface area contributed by atoms with Crippen LogP contribution >= 0.6 is 50.4 Å². The highest BCUT2D eigenvalue weighted by molar-refractivity contribution is 14.2. The molecule has 1 aromatic rings. The molecule has 0 aromatic heterocycles. The molecule has 0 N–H and O–H groups in total. The lowest BCUT2D eigenvalue weighted by molar-refractivity contribution is 1.60. The van der Waals surface area contributed by atoms with E-state index >= 15 is 0 Å². The largest absolute Gasteiger partial charge is 0.122 e. The van der Waals surface area contributed by atoms with Crippen LogP contribution < -0.4 is 0 Å². The Morgan fingerprint density at radius 2 is 1.93 bits per heavy atom. The average molecular weight is 366 g/mol. The van der Waals surface area contributed by atoms with Gasteiger partial charge >= 0.3 is 0 Å². The Labute approximate surface area is 113 Å². The zero-order valence-electron chi connectivity index (χ0n) is 8.49. The predicted molar refractivity (Wildman–Crippen MR) is 86.8 cm³/mol. The van der Waals surface area contributed by atoms with Crippen LogP contribution in [0.15, 0.2) is 35.9 Å². The summed E-state index contributed by atoms with van der Waals surface area (Å²) in [4.78, 5) is 1.46. The van der Waals surface area contributed by atoms with Crippen molar-refractivity contribution in [2.45, 2.75) is 6.92 Å². The van der Waals surface area contributed by atoms with Gasteiger partial charge in [-0.25, -0.2) is 0 Å². The highest BCUT2D eigenvalue weighted by Gasteiger charge is 2.20. The molecule has 1 heterocycles. The summed E-state index contributed by atoms with van der Waals surface area (Å²) >= 11 is 4.43. The van der Waals surface area contributed by atoms with Crippen molar-refractivity contribution in [3.8, 4) is 0 Å². The van der Waals surface area contributed by atoms with Gasteiger partial charge in [-0.3, -0.25) is 0 Å². The lowest BCUT2D eigenvalue weighted by Gasteiger charge is -2.03. The molecule has 1 aliphatic rings. The fraction of sp³-hybridized carbons (Fsp3) is 0.182. The zero-order chi connectivity index (χ0) is 10.8. The van der Waals surface area contributed by atoms with Gasteiger partial charge in [-0.05, 0) is 31.0 Å². The van der Waals surface area contributed by atoms with Gasteiger partial charge in [0.25, 0.3) is 0 Å². The monoisotopic (exact) mass is 366 g/mol. The fourth-order valence-electron chi connectivity index (χ4n) is 1.46. The number of thioether (sulfide) groups is 1. The summed E-state index contributed by atoms with van der Waals surface area (Å²) in [7, 11) is 2.00. The minimum Gasteiger partial charge on any atom is -0.122 e. The van der Waals surface area contributed by atoms with E-state index in [0.717, 1.165) is 0 Å². The van der Waals surface area contributed by atoms with E-state index in [4.69, 9.17) is 0 Å². The molecular formula is C11H11IS3. The van der Waals surface area contributed by atoms with E-state index in [1.54, 1.807) is 4.20 Å². The van der Waals surface area contributed by atoms with Crippen molar-refractivity contribution in [1.29, 1.82) is 0 Å². The second-order valence-corrected chi connectivity index (χ2v) is 11.6. The molecule has 4 heteroatoms. The Kier molecular flexibility index (Phi) is 4.26. The van der Waals surface area contributed by atoms with Crippen molar-refractivity contribution >= 4 is 59.6 Å². The van der Waals surface area contributed by atoms with E-state index in [1.807, 2.05) is 22.6 Å². The third-order valence-electron chi connectivity index (χ3n) is 2.17. The first kappa shape index (κ1) is 12.1. The maximum absolute atomic E-state index is 2.54. The van der Waals surface area contributed by atoms with Crippen LogP contribution in [0.5, 0.6) is 0 Å². The summed E-state index contributed by atoms with van der Waals surface area (Å²) in [5.74, 6) is 0. The Balaban J connectivity index is 2.40. The number of rotatable bonds is 1. The lowest BCUT2D eigenvalue weighted by atomic mass is 10.1. The Morgan fingerprint density at radius 1 is 1.27 bits per heavy atom. The molecule has 80 valence electrons. The molecule has 1 unspecified atom stereocenters. The number of hydrogen-bond acceptors (Lipinski definition) is 2. The van der Waals surface area contributed by atoms with E-state index in [-0.39, 0.29) is 0 Å². The van der Waals surface area contributed by atoms with E-state index in [0.29, 0.717) is 6.69 Å². The van der Waals surface area contributed by atoms with Crippen LogP contribution in [-0.4, -0.2) is 10.5 Å². The van der Waals surface area contributed by atoms with Crippen molar-refractivity contribution in [2.75, 3.05) is 6.26 Å². The normalized spacial score (nSPS) is 21.3. The van der Waals surface area contributed by atoms with Gasteiger partial charge in [0.05, 0.1) is 4.20 Å². The van der Waals surface area contributed by atoms with Crippen molar-refractivity contribution in [1.82, 2.24) is 0 Å². The first-order chi connectivity index (χ1) is 7.24. The highest BCUT2D eigenvalue weighted by Crippen LogP contribution is 2.57. The van der Waals surface area contributed by atoms with Gasteiger partial charge < -0.3 is 0 Å². The molecule has 1 aromatic carbocycles. The summed E-state index contributed by atoms with van der Waals surface area (Å²) in [6, 6.07) is 10.7. The number of halogens is 1. The topological polar surface area (TPSA) is 0 Å². The lowest BCUT2D eigenvalue weighted by Crippen LogP contribution is -1.89. The summed E-state index contributed by atoms with van der Waals surface area (Å²) in [5.41, 5.74) is 2.83. The molecule has 0 amide bonds. The standard InChI is InChI=1S/C11H11IS3/c1-8-10(9-6-4-3-5-7-9)14-15(12)11(8)13-2/h3-7H,1-2H3. The van der Waals surface area contributed by atoms with E-state index < -0.39 is 0 Å². The molecular weight excluding hydrogens is 355 g/mol. The maximum Gasteiger partial charge on any atom is 0.0545 e. The van der Waals surface area contributed by atoms with Gasteiger partial charge in [-0.15, -0.1) is 11.8 Å². The third-order valence-corrected chi connectivity index (χ3v) is 10.9. The minimum absolute atomic E-state index is 0.321. The quantitative estimate of drug-likeness (QED) is 0.381. The molecule has 15 heavy (non-hydrogen) atoms. The molecule has 0 aliphatic carbocycles. The van der Waals surface area contributed by atoms with Gasteiger partial charge in [-0.2, -0.15) is 0 Å². The summed E-state index contributed by atoms with van der Waals surface area (Å²) < 4.78 is 1.54. The van der Waals surface area contributed by atoms with Crippen LogP contribution in [0, 0.1) is 0 Å².